The van der Waals surface area contributed by atoms with Crippen LogP contribution in [0.5, 0.6) is 5.75 Å². The van der Waals surface area contributed by atoms with Gasteiger partial charge in [0.1, 0.15) is 5.75 Å². The lowest BCUT2D eigenvalue weighted by Crippen LogP contribution is -1.92. The standard InChI is InChI=1S/C18H23NO/c1-2-3-4-6-9-15-12-13-17(14-18(15)20)19-16-10-7-5-8-11-16/h5,7-8,10-14,19-20H,2-4,6,9H2,1H3. The molecule has 2 rings (SSSR count). The molecule has 0 heterocycles. The summed E-state index contributed by atoms with van der Waals surface area (Å²) >= 11 is 0. The zero-order chi connectivity index (χ0) is 14.2. The normalized spacial score (nSPS) is 10.4. The number of para-hydroxylation sites is 1. The van der Waals surface area contributed by atoms with Gasteiger partial charge in [0.15, 0.2) is 0 Å². The van der Waals surface area contributed by atoms with Gasteiger partial charge in [0.05, 0.1) is 0 Å². The van der Waals surface area contributed by atoms with Crippen molar-refractivity contribution in [2.75, 3.05) is 5.32 Å². The van der Waals surface area contributed by atoms with Crippen molar-refractivity contribution in [2.45, 2.75) is 39.0 Å². The zero-order valence-electron chi connectivity index (χ0n) is 12.1. The highest BCUT2D eigenvalue weighted by atomic mass is 16.3. The van der Waals surface area contributed by atoms with Crippen LogP contribution >= 0.6 is 0 Å². The zero-order valence-corrected chi connectivity index (χ0v) is 12.1. The number of unbranched alkanes of at least 4 members (excludes halogenated alkanes) is 3. The van der Waals surface area contributed by atoms with Crippen LogP contribution < -0.4 is 5.32 Å². The number of hydrogen-bond acceptors (Lipinski definition) is 2. The summed E-state index contributed by atoms with van der Waals surface area (Å²) in [7, 11) is 0. The van der Waals surface area contributed by atoms with Crippen molar-refractivity contribution in [1.82, 2.24) is 0 Å². The van der Waals surface area contributed by atoms with E-state index in [1.165, 1.54) is 19.3 Å². The molecule has 0 atom stereocenters. The molecule has 0 unspecified atom stereocenters. The first-order valence-electron chi connectivity index (χ1n) is 7.43. The summed E-state index contributed by atoms with van der Waals surface area (Å²) in [5, 5.41) is 13.4. The van der Waals surface area contributed by atoms with Gasteiger partial charge < -0.3 is 10.4 Å². The summed E-state index contributed by atoms with van der Waals surface area (Å²) < 4.78 is 0. The van der Waals surface area contributed by atoms with Crippen molar-refractivity contribution >= 4 is 11.4 Å². The van der Waals surface area contributed by atoms with Gasteiger partial charge in [-0.2, -0.15) is 0 Å². The first-order chi connectivity index (χ1) is 9.79. The topological polar surface area (TPSA) is 32.3 Å². The maximum absolute atomic E-state index is 10.1. The predicted octanol–water partition coefficient (Wildman–Crippen LogP) is 5.26. The fraction of sp³-hybridized carbons (Fsp3) is 0.333. The molecule has 0 saturated heterocycles. The summed E-state index contributed by atoms with van der Waals surface area (Å²) in [6.07, 6.45) is 5.85. The van der Waals surface area contributed by atoms with Crippen LogP contribution in [0.1, 0.15) is 38.2 Å². The van der Waals surface area contributed by atoms with Crippen LogP contribution in [0.2, 0.25) is 0 Å². The van der Waals surface area contributed by atoms with E-state index in [1.807, 2.05) is 48.5 Å². The molecule has 0 aromatic heterocycles. The third-order valence-electron chi connectivity index (χ3n) is 3.45. The number of rotatable bonds is 7. The number of aromatic hydroxyl groups is 1. The summed E-state index contributed by atoms with van der Waals surface area (Å²) in [4.78, 5) is 0. The molecule has 0 radical (unpaired) electrons. The number of aryl methyl sites for hydroxylation is 1. The minimum absolute atomic E-state index is 0.391. The largest absolute Gasteiger partial charge is 0.508 e. The number of nitrogens with one attached hydrogen (secondary N) is 1. The monoisotopic (exact) mass is 269 g/mol. The maximum atomic E-state index is 10.1. The molecule has 2 aromatic rings. The number of benzene rings is 2. The van der Waals surface area contributed by atoms with Crippen LogP contribution in [0.25, 0.3) is 0 Å². The molecular weight excluding hydrogens is 246 g/mol. The van der Waals surface area contributed by atoms with Gasteiger partial charge in [0.25, 0.3) is 0 Å². The van der Waals surface area contributed by atoms with Gasteiger partial charge in [0, 0.05) is 17.4 Å². The SMILES string of the molecule is CCCCCCc1ccc(Nc2ccccc2)cc1O. The highest BCUT2D eigenvalue weighted by Gasteiger charge is 2.03. The van der Waals surface area contributed by atoms with Crippen molar-refractivity contribution in [3.63, 3.8) is 0 Å². The van der Waals surface area contributed by atoms with Gasteiger partial charge >= 0.3 is 0 Å². The van der Waals surface area contributed by atoms with E-state index in [2.05, 4.69) is 12.2 Å². The van der Waals surface area contributed by atoms with Crippen molar-refractivity contribution in [3.05, 3.63) is 54.1 Å². The molecule has 2 N–H and O–H groups in total. The Hall–Kier alpha value is -1.96. The summed E-state index contributed by atoms with van der Waals surface area (Å²) in [6, 6.07) is 15.8. The molecule has 0 aliphatic carbocycles. The molecule has 0 bridgehead atoms. The Kier molecular flexibility index (Phi) is 5.48. The Balaban J connectivity index is 1.95. The van der Waals surface area contributed by atoms with E-state index in [1.54, 1.807) is 0 Å². The lowest BCUT2D eigenvalue weighted by Gasteiger charge is -2.09. The molecule has 0 fully saturated rings. The van der Waals surface area contributed by atoms with Crippen molar-refractivity contribution in [3.8, 4) is 5.75 Å². The molecule has 0 aliphatic heterocycles. The van der Waals surface area contributed by atoms with Crippen LogP contribution in [-0.2, 0) is 6.42 Å². The Morgan fingerprint density at radius 2 is 1.70 bits per heavy atom. The Labute approximate surface area is 121 Å². The smallest absolute Gasteiger partial charge is 0.120 e. The van der Waals surface area contributed by atoms with Gasteiger partial charge in [0.2, 0.25) is 0 Å². The third kappa shape index (κ3) is 4.30. The average Bonchev–Trinajstić information content (AvgIpc) is 2.46. The number of anilines is 2. The quantitative estimate of drug-likeness (QED) is 0.672. The average molecular weight is 269 g/mol. The highest BCUT2D eigenvalue weighted by molar-refractivity contribution is 5.61. The van der Waals surface area contributed by atoms with E-state index >= 15 is 0 Å². The van der Waals surface area contributed by atoms with Gasteiger partial charge in [-0.3, -0.25) is 0 Å². The molecule has 2 nitrogen and oxygen atoms in total. The fourth-order valence-electron chi connectivity index (χ4n) is 2.28. The lowest BCUT2D eigenvalue weighted by atomic mass is 10.0. The van der Waals surface area contributed by atoms with Crippen molar-refractivity contribution < 1.29 is 5.11 Å². The van der Waals surface area contributed by atoms with E-state index < -0.39 is 0 Å². The van der Waals surface area contributed by atoms with E-state index in [9.17, 15) is 5.11 Å². The third-order valence-corrected chi connectivity index (χ3v) is 3.45. The minimum atomic E-state index is 0.391. The molecule has 2 heteroatoms. The summed E-state index contributed by atoms with van der Waals surface area (Å²) in [5.41, 5.74) is 2.99. The van der Waals surface area contributed by atoms with Crippen LogP contribution in [0.4, 0.5) is 11.4 Å². The van der Waals surface area contributed by atoms with Gasteiger partial charge in [-0.05, 0) is 36.6 Å². The predicted molar refractivity (Wildman–Crippen MR) is 85.7 cm³/mol. The van der Waals surface area contributed by atoms with Crippen LogP contribution in [0.15, 0.2) is 48.5 Å². The lowest BCUT2D eigenvalue weighted by molar-refractivity contribution is 0.466. The Bertz CT molecular complexity index is 522. The van der Waals surface area contributed by atoms with E-state index in [0.717, 1.165) is 29.8 Å². The Morgan fingerprint density at radius 1 is 0.900 bits per heavy atom. The number of phenols is 1. The fourth-order valence-corrected chi connectivity index (χ4v) is 2.28. The molecule has 0 amide bonds. The number of hydrogen-bond donors (Lipinski definition) is 2. The molecule has 20 heavy (non-hydrogen) atoms. The van der Waals surface area contributed by atoms with Gasteiger partial charge in [-0.1, -0.05) is 50.5 Å². The summed E-state index contributed by atoms with van der Waals surface area (Å²) in [6.45, 7) is 2.21. The van der Waals surface area contributed by atoms with Crippen LogP contribution in [0, 0.1) is 0 Å². The highest BCUT2D eigenvalue weighted by Crippen LogP contribution is 2.26. The van der Waals surface area contributed by atoms with Crippen LogP contribution in [-0.4, -0.2) is 5.11 Å². The second kappa shape index (κ2) is 7.59. The molecule has 0 aliphatic rings. The molecule has 0 saturated carbocycles. The van der Waals surface area contributed by atoms with Crippen LogP contribution in [0.3, 0.4) is 0 Å². The first kappa shape index (κ1) is 14.4. The van der Waals surface area contributed by atoms with Gasteiger partial charge in [-0.15, -0.1) is 0 Å². The van der Waals surface area contributed by atoms with Crippen molar-refractivity contribution in [1.29, 1.82) is 0 Å². The van der Waals surface area contributed by atoms with Gasteiger partial charge in [-0.25, -0.2) is 0 Å². The first-order valence-corrected chi connectivity index (χ1v) is 7.43. The Morgan fingerprint density at radius 3 is 2.40 bits per heavy atom. The van der Waals surface area contributed by atoms with Crippen molar-refractivity contribution in [2.24, 2.45) is 0 Å². The molecule has 106 valence electrons. The van der Waals surface area contributed by atoms with E-state index in [-0.39, 0.29) is 0 Å². The summed E-state index contributed by atoms with van der Waals surface area (Å²) in [5.74, 6) is 0.391. The maximum Gasteiger partial charge on any atom is 0.120 e. The number of phenolic OH excluding ortho intramolecular Hbond substituents is 1. The second-order valence-electron chi connectivity index (χ2n) is 5.15. The van der Waals surface area contributed by atoms with E-state index in [0.29, 0.717) is 5.75 Å². The molecule has 0 spiro atoms. The molecule has 2 aromatic carbocycles. The molecular formula is C18H23NO. The van der Waals surface area contributed by atoms with E-state index in [4.69, 9.17) is 0 Å². The minimum Gasteiger partial charge on any atom is -0.508 e. The second-order valence-corrected chi connectivity index (χ2v) is 5.15.